The van der Waals surface area contributed by atoms with Crippen LogP contribution in [0.15, 0.2) is 47.1 Å². The van der Waals surface area contributed by atoms with E-state index in [1.807, 2.05) is 6.92 Å². The molecule has 0 unspecified atom stereocenters. The standard InChI is InChI=1S/C20H18F2O5S/c1-4-12-8-19(28(3,24)25)11(2)7-14(12)17-10-18(20(23)27-17)26-13-5-6-15(21)16(22)9-13/h5-10,17H,4H2,1-3H3/t17-/m1/s1. The highest BCUT2D eigenvalue weighted by Gasteiger charge is 2.31. The number of esters is 1. The normalized spacial score (nSPS) is 16.7. The monoisotopic (exact) mass is 408 g/mol. The molecule has 0 bridgehead atoms. The minimum Gasteiger partial charge on any atom is -0.450 e. The van der Waals surface area contributed by atoms with Gasteiger partial charge in [-0.25, -0.2) is 22.0 Å². The molecule has 0 aromatic heterocycles. The summed E-state index contributed by atoms with van der Waals surface area (Å²) in [4.78, 5) is 12.4. The second kappa shape index (κ2) is 7.35. The molecule has 0 saturated carbocycles. The van der Waals surface area contributed by atoms with Crippen LogP contribution in [0.1, 0.15) is 29.7 Å². The number of benzene rings is 2. The van der Waals surface area contributed by atoms with E-state index in [4.69, 9.17) is 9.47 Å². The van der Waals surface area contributed by atoms with Crippen LogP contribution in [0.3, 0.4) is 0 Å². The molecule has 2 aromatic rings. The summed E-state index contributed by atoms with van der Waals surface area (Å²) in [5, 5.41) is 0. The summed E-state index contributed by atoms with van der Waals surface area (Å²) in [6.45, 7) is 3.53. The fraction of sp³-hybridized carbons (Fsp3) is 0.250. The number of carbonyl (C=O) groups excluding carboxylic acids is 1. The van der Waals surface area contributed by atoms with E-state index >= 15 is 0 Å². The molecule has 0 spiro atoms. The van der Waals surface area contributed by atoms with Gasteiger partial charge in [0.25, 0.3) is 0 Å². The van der Waals surface area contributed by atoms with Gasteiger partial charge in [0.05, 0.1) is 4.90 Å². The topological polar surface area (TPSA) is 69.7 Å². The Morgan fingerprint density at radius 1 is 1.14 bits per heavy atom. The zero-order valence-corrected chi connectivity index (χ0v) is 16.3. The van der Waals surface area contributed by atoms with Gasteiger partial charge in [0.1, 0.15) is 11.9 Å². The Morgan fingerprint density at radius 2 is 1.86 bits per heavy atom. The molecule has 0 saturated heterocycles. The Hall–Kier alpha value is -2.74. The predicted molar refractivity (Wildman–Crippen MR) is 97.6 cm³/mol. The number of sulfone groups is 1. The number of carbonyl (C=O) groups is 1. The highest BCUT2D eigenvalue weighted by molar-refractivity contribution is 7.90. The van der Waals surface area contributed by atoms with E-state index in [9.17, 15) is 22.0 Å². The second-order valence-corrected chi connectivity index (χ2v) is 8.46. The third-order valence-corrected chi connectivity index (χ3v) is 5.62. The molecular weight excluding hydrogens is 390 g/mol. The summed E-state index contributed by atoms with van der Waals surface area (Å²) in [6, 6.07) is 6.17. The molecule has 1 atom stereocenters. The highest BCUT2D eigenvalue weighted by atomic mass is 32.2. The molecule has 1 aliphatic rings. The van der Waals surface area contributed by atoms with Crippen molar-refractivity contribution < 1.29 is 31.5 Å². The van der Waals surface area contributed by atoms with Crippen LogP contribution in [0.2, 0.25) is 0 Å². The molecular formula is C20H18F2O5S. The smallest absolute Gasteiger partial charge is 0.375 e. The van der Waals surface area contributed by atoms with Crippen molar-refractivity contribution in [3.8, 4) is 5.75 Å². The van der Waals surface area contributed by atoms with Gasteiger partial charge < -0.3 is 9.47 Å². The van der Waals surface area contributed by atoms with Crippen LogP contribution in [-0.4, -0.2) is 20.6 Å². The Labute approximate surface area is 161 Å². The SMILES string of the molecule is CCc1cc(S(C)(=O)=O)c(C)cc1[C@H]1C=C(Oc2ccc(F)c(F)c2)C(=O)O1. The van der Waals surface area contributed by atoms with Gasteiger partial charge in [-0.3, -0.25) is 0 Å². The summed E-state index contributed by atoms with van der Waals surface area (Å²) in [5.74, 6) is -3.06. The van der Waals surface area contributed by atoms with Gasteiger partial charge in [0.15, 0.2) is 21.5 Å². The molecule has 0 aliphatic carbocycles. The number of cyclic esters (lactones) is 1. The van der Waals surface area contributed by atoms with Gasteiger partial charge in [-0.15, -0.1) is 0 Å². The van der Waals surface area contributed by atoms with Gasteiger partial charge in [-0.1, -0.05) is 13.0 Å². The average Bonchev–Trinajstić information content (AvgIpc) is 2.97. The summed E-state index contributed by atoms with van der Waals surface area (Å²) in [7, 11) is -3.39. The molecule has 8 heteroatoms. The van der Waals surface area contributed by atoms with E-state index in [-0.39, 0.29) is 16.4 Å². The maximum Gasteiger partial charge on any atom is 0.375 e. The van der Waals surface area contributed by atoms with E-state index in [0.29, 0.717) is 23.1 Å². The van der Waals surface area contributed by atoms with Crippen molar-refractivity contribution in [2.75, 3.05) is 6.26 Å². The van der Waals surface area contributed by atoms with Crippen LogP contribution in [0, 0.1) is 18.6 Å². The summed E-state index contributed by atoms with van der Waals surface area (Å²) < 4.78 is 60.9. The van der Waals surface area contributed by atoms with Crippen LogP contribution in [0.5, 0.6) is 5.75 Å². The fourth-order valence-electron chi connectivity index (χ4n) is 3.03. The van der Waals surface area contributed by atoms with E-state index in [2.05, 4.69) is 0 Å². The first kappa shape index (κ1) is 20.0. The summed E-state index contributed by atoms with van der Waals surface area (Å²) >= 11 is 0. The lowest BCUT2D eigenvalue weighted by molar-refractivity contribution is -0.141. The van der Waals surface area contributed by atoms with E-state index in [1.165, 1.54) is 12.1 Å². The molecule has 1 aliphatic heterocycles. The zero-order valence-electron chi connectivity index (χ0n) is 15.5. The fourth-order valence-corrected chi connectivity index (χ4v) is 4.03. The lowest BCUT2D eigenvalue weighted by Gasteiger charge is -2.16. The quantitative estimate of drug-likeness (QED) is 0.704. The molecule has 3 rings (SSSR count). The van der Waals surface area contributed by atoms with Crippen molar-refractivity contribution in [1.82, 2.24) is 0 Å². The van der Waals surface area contributed by atoms with Crippen molar-refractivity contribution in [3.05, 3.63) is 70.5 Å². The summed E-state index contributed by atoms with van der Waals surface area (Å²) in [5.41, 5.74) is 1.90. The Bertz CT molecular complexity index is 1090. The Balaban J connectivity index is 1.95. The first-order chi connectivity index (χ1) is 13.1. The predicted octanol–water partition coefficient (Wildman–Crippen LogP) is 3.80. The van der Waals surface area contributed by atoms with Crippen molar-refractivity contribution in [3.63, 3.8) is 0 Å². The summed E-state index contributed by atoms with van der Waals surface area (Å²) in [6.07, 6.45) is 2.32. The minimum absolute atomic E-state index is 0.0398. The number of hydrogen-bond donors (Lipinski definition) is 0. The minimum atomic E-state index is -3.39. The molecule has 1 heterocycles. The number of aryl methyl sites for hydroxylation is 2. The van der Waals surface area contributed by atoms with Crippen molar-refractivity contribution >= 4 is 15.8 Å². The molecule has 0 radical (unpaired) electrons. The first-order valence-corrected chi connectivity index (χ1v) is 10.4. The molecule has 0 amide bonds. The lowest BCUT2D eigenvalue weighted by atomic mass is 9.98. The first-order valence-electron chi connectivity index (χ1n) is 8.49. The number of rotatable bonds is 5. The zero-order chi connectivity index (χ0) is 20.6. The van der Waals surface area contributed by atoms with Gasteiger partial charge in [0, 0.05) is 24.0 Å². The van der Waals surface area contributed by atoms with Crippen LogP contribution < -0.4 is 4.74 Å². The number of ether oxygens (including phenoxy) is 2. The lowest BCUT2D eigenvalue weighted by Crippen LogP contribution is -2.09. The molecule has 5 nitrogen and oxygen atoms in total. The molecule has 2 aromatic carbocycles. The molecule has 0 fully saturated rings. The van der Waals surface area contributed by atoms with Crippen molar-refractivity contribution in [1.29, 1.82) is 0 Å². The van der Waals surface area contributed by atoms with Gasteiger partial charge in [0.2, 0.25) is 5.76 Å². The molecule has 0 N–H and O–H groups in total. The van der Waals surface area contributed by atoms with E-state index in [0.717, 1.165) is 18.4 Å². The molecule has 148 valence electrons. The van der Waals surface area contributed by atoms with Crippen LogP contribution in [0.4, 0.5) is 8.78 Å². The van der Waals surface area contributed by atoms with Gasteiger partial charge in [-0.05, 0) is 42.7 Å². The Morgan fingerprint density at radius 3 is 2.46 bits per heavy atom. The van der Waals surface area contributed by atoms with E-state index in [1.54, 1.807) is 19.1 Å². The molecule has 28 heavy (non-hydrogen) atoms. The second-order valence-electron chi connectivity index (χ2n) is 6.48. The van der Waals surface area contributed by atoms with Crippen LogP contribution >= 0.6 is 0 Å². The maximum atomic E-state index is 13.3. The Kier molecular flexibility index (Phi) is 5.25. The average molecular weight is 408 g/mol. The highest BCUT2D eigenvalue weighted by Crippen LogP contribution is 2.34. The van der Waals surface area contributed by atoms with Gasteiger partial charge in [-0.2, -0.15) is 0 Å². The van der Waals surface area contributed by atoms with Crippen LogP contribution in [0.25, 0.3) is 0 Å². The number of hydrogen-bond acceptors (Lipinski definition) is 5. The largest absolute Gasteiger partial charge is 0.450 e. The van der Waals surface area contributed by atoms with Crippen molar-refractivity contribution in [2.24, 2.45) is 0 Å². The van der Waals surface area contributed by atoms with Gasteiger partial charge >= 0.3 is 5.97 Å². The third kappa shape index (κ3) is 3.91. The van der Waals surface area contributed by atoms with Crippen LogP contribution in [-0.2, 0) is 25.8 Å². The van der Waals surface area contributed by atoms with Crippen molar-refractivity contribution in [2.45, 2.75) is 31.3 Å². The third-order valence-electron chi connectivity index (χ3n) is 4.38. The maximum absolute atomic E-state index is 13.3. The van der Waals surface area contributed by atoms with E-state index < -0.39 is 33.5 Å². The number of halogens is 2.